The van der Waals surface area contributed by atoms with Gasteiger partial charge >= 0.3 is 11.9 Å². The predicted molar refractivity (Wildman–Crippen MR) is 143 cm³/mol. The second-order valence-corrected chi connectivity index (χ2v) is 10.6. The van der Waals surface area contributed by atoms with Crippen LogP contribution >= 0.6 is 11.6 Å². The van der Waals surface area contributed by atoms with Gasteiger partial charge in [-0.2, -0.15) is 0 Å². The van der Waals surface area contributed by atoms with E-state index in [-0.39, 0.29) is 17.9 Å². The number of benzene rings is 2. The number of carbonyl (C=O) groups is 2. The minimum atomic E-state index is -1.50. The van der Waals surface area contributed by atoms with E-state index in [4.69, 9.17) is 25.8 Å². The van der Waals surface area contributed by atoms with E-state index in [1.165, 1.54) is 5.56 Å². The SMILES string of the molecule is CCCC[C@H](F)C(=O)O[C@H]1CC[C@H](CCc2ccc(OC(=O)c3ccc(OC[C@@H](C)Cl)cc3)cc2)CC1. The third kappa shape index (κ3) is 9.99. The van der Waals surface area contributed by atoms with Crippen LogP contribution in [0.3, 0.4) is 0 Å². The van der Waals surface area contributed by atoms with E-state index < -0.39 is 18.1 Å². The van der Waals surface area contributed by atoms with Crippen molar-refractivity contribution in [3.63, 3.8) is 0 Å². The second-order valence-electron chi connectivity index (χ2n) is 9.88. The number of esters is 2. The standard InChI is InChI=1S/C30H38ClFO5/c1-3-4-5-28(32)30(34)37-27-16-10-23(11-17-27)7-6-22-8-14-26(15-9-22)36-29(33)24-12-18-25(19-13-24)35-20-21(2)31/h8-9,12-15,18-19,21,23,27-28H,3-7,10-11,16-17,20H2,1-2H3/t21-,23-,27-,28+/m1/s1. The lowest BCUT2D eigenvalue weighted by Gasteiger charge is -2.28. The van der Waals surface area contributed by atoms with Crippen LogP contribution in [-0.2, 0) is 16.0 Å². The molecular formula is C30H38ClFO5. The van der Waals surface area contributed by atoms with Crippen LogP contribution in [0.15, 0.2) is 48.5 Å². The molecule has 0 aromatic heterocycles. The molecular weight excluding hydrogens is 495 g/mol. The van der Waals surface area contributed by atoms with Gasteiger partial charge in [-0.3, -0.25) is 0 Å². The molecule has 0 spiro atoms. The van der Waals surface area contributed by atoms with Crippen molar-refractivity contribution in [2.24, 2.45) is 5.92 Å². The molecule has 7 heteroatoms. The first-order valence-corrected chi connectivity index (χ1v) is 13.8. The molecule has 1 aliphatic carbocycles. The quantitative estimate of drug-likeness (QED) is 0.152. The average Bonchev–Trinajstić information content (AvgIpc) is 2.91. The molecule has 0 saturated heterocycles. The van der Waals surface area contributed by atoms with Gasteiger partial charge in [0.2, 0.25) is 0 Å². The molecule has 37 heavy (non-hydrogen) atoms. The summed E-state index contributed by atoms with van der Waals surface area (Å²) in [5, 5.41) is -0.0918. The highest BCUT2D eigenvalue weighted by molar-refractivity contribution is 6.20. The Hall–Kier alpha value is -2.60. The Morgan fingerprint density at radius 3 is 2.27 bits per heavy atom. The van der Waals surface area contributed by atoms with Crippen molar-refractivity contribution in [2.75, 3.05) is 6.61 Å². The zero-order valence-electron chi connectivity index (χ0n) is 21.8. The summed E-state index contributed by atoms with van der Waals surface area (Å²) in [4.78, 5) is 24.4. The first-order chi connectivity index (χ1) is 17.8. The summed E-state index contributed by atoms with van der Waals surface area (Å²) >= 11 is 5.89. The van der Waals surface area contributed by atoms with Crippen molar-refractivity contribution in [1.29, 1.82) is 0 Å². The minimum Gasteiger partial charge on any atom is -0.492 e. The van der Waals surface area contributed by atoms with E-state index in [0.29, 0.717) is 36.0 Å². The van der Waals surface area contributed by atoms with E-state index in [2.05, 4.69) is 0 Å². The molecule has 2 atom stereocenters. The highest BCUT2D eigenvalue weighted by Crippen LogP contribution is 2.30. The average molecular weight is 533 g/mol. The van der Waals surface area contributed by atoms with E-state index in [1.54, 1.807) is 24.3 Å². The van der Waals surface area contributed by atoms with Crippen LogP contribution in [0.1, 0.15) is 81.1 Å². The molecule has 0 amide bonds. The van der Waals surface area contributed by atoms with Crippen LogP contribution in [0.2, 0.25) is 0 Å². The lowest BCUT2D eigenvalue weighted by molar-refractivity contribution is -0.157. The summed E-state index contributed by atoms with van der Waals surface area (Å²) in [5.41, 5.74) is 1.62. The van der Waals surface area contributed by atoms with Crippen molar-refractivity contribution in [1.82, 2.24) is 0 Å². The molecule has 0 radical (unpaired) electrons. The van der Waals surface area contributed by atoms with Crippen LogP contribution in [0, 0.1) is 5.92 Å². The number of aryl methyl sites for hydroxylation is 1. The van der Waals surface area contributed by atoms with E-state index in [0.717, 1.165) is 44.9 Å². The highest BCUT2D eigenvalue weighted by atomic mass is 35.5. The number of carbonyl (C=O) groups excluding carboxylic acids is 2. The Bertz CT molecular complexity index is 968. The molecule has 1 saturated carbocycles. The van der Waals surface area contributed by atoms with Gasteiger partial charge in [0.25, 0.3) is 0 Å². The zero-order chi connectivity index (χ0) is 26.6. The van der Waals surface area contributed by atoms with Crippen molar-refractivity contribution in [3.8, 4) is 11.5 Å². The zero-order valence-corrected chi connectivity index (χ0v) is 22.6. The number of rotatable bonds is 13. The summed E-state index contributed by atoms with van der Waals surface area (Å²) in [6.45, 7) is 4.23. The molecule has 0 bridgehead atoms. The molecule has 2 aromatic carbocycles. The molecule has 0 heterocycles. The van der Waals surface area contributed by atoms with Crippen LogP contribution in [0.5, 0.6) is 11.5 Å². The van der Waals surface area contributed by atoms with Crippen molar-refractivity contribution < 1.29 is 28.2 Å². The monoisotopic (exact) mass is 532 g/mol. The Kier molecular flexibility index (Phi) is 11.7. The molecule has 5 nitrogen and oxygen atoms in total. The van der Waals surface area contributed by atoms with Gasteiger partial charge in [0.05, 0.1) is 10.9 Å². The van der Waals surface area contributed by atoms with Crippen LogP contribution in [0.25, 0.3) is 0 Å². The van der Waals surface area contributed by atoms with Crippen LogP contribution < -0.4 is 9.47 Å². The molecule has 1 aliphatic rings. The van der Waals surface area contributed by atoms with E-state index in [9.17, 15) is 14.0 Å². The Labute approximate surface area is 224 Å². The minimum absolute atomic E-state index is 0.0918. The summed E-state index contributed by atoms with van der Waals surface area (Å²) < 4.78 is 30.3. The summed E-state index contributed by atoms with van der Waals surface area (Å²) in [7, 11) is 0. The first kappa shape index (κ1) is 29.0. The largest absolute Gasteiger partial charge is 0.492 e. The fraction of sp³-hybridized carbons (Fsp3) is 0.533. The smallest absolute Gasteiger partial charge is 0.343 e. The topological polar surface area (TPSA) is 61.8 Å². The third-order valence-corrected chi connectivity index (χ3v) is 6.81. The second kappa shape index (κ2) is 15.0. The summed E-state index contributed by atoms with van der Waals surface area (Å²) in [6.07, 6.45) is 5.69. The lowest BCUT2D eigenvalue weighted by atomic mass is 9.83. The Balaban J connectivity index is 1.37. The maximum Gasteiger partial charge on any atom is 0.343 e. The molecule has 1 fully saturated rings. The van der Waals surface area contributed by atoms with Crippen LogP contribution in [-0.4, -0.2) is 36.2 Å². The molecule has 0 unspecified atom stereocenters. The number of unbranched alkanes of at least 4 members (excludes halogenated alkanes) is 1. The van der Waals surface area contributed by atoms with Gasteiger partial charge in [0.1, 0.15) is 24.2 Å². The third-order valence-electron chi connectivity index (χ3n) is 6.69. The summed E-state index contributed by atoms with van der Waals surface area (Å²) in [6, 6.07) is 14.4. The van der Waals surface area contributed by atoms with Gasteiger partial charge in [-0.05, 0) is 99.7 Å². The van der Waals surface area contributed by atoms with Crippen molar-refractivity contribution in [2.45, 2.75) is 89.3 Å². The number of hydrogen-bond acceptors (Lipinski definition) is 5. The Morgan fingerprint density at radius 2 is 1.65 bits per heavy atom. The van der Waals surface area contributed by atoms with Gasteiger partial charge in [0.15, 0.2) is 6.17 Å². The summed E-state index contributed by atoms with van der Waals surface area (Å²) in [5.74, 6) is 0.595. The fourth-order valence-corrected chi connectivity index (χ4v) is 4.50. The molecule has 0 aliphatic heterocycles. The molecule has 0 N–H and O–H groups in total. The van der Waals surface area contributed by atoms with Gasteiger partial charge in [-0.15, -0.1) is 11.6 Å². The Morgan fingerprint density at radius 1 is 1.00 bits per heavy atom. The van der Waals surface area contributed by atoms with Gasteiger partial charge in [-0.25, -0.2) is 14.0 Å². The predicted octanol–water partition coefficient (Wildman–Crippen LogP) is 7.47. The number of ether oxygens (including phenoxy) is 3. The maximum atomic E-state index is 13.9. The molecule has 3 rings (SSSR count). The number of halogens is 2. The van der Waals surface area contributed by atoms with E-state index >= 15 is 0 Å². The molecule has 2 aromatic rings. The number of alkyl halides is 2. The normalized spacial score (nSPS) is 19.0. The maximum absolute atomic E-state index is 13.9. The van der Waals surface area contributed by atoms with Gasteiger partial charge in [-0.1, -0.05) is 31.9 Å². The van der Waals surface area contributed by atoms with E-state index in [1.807, 2.05) is 38.1 Å². The van der Waals surface area contributed by atoms with Gasteiger partial charge in [0, 0.05) is 0 Å². The lowest BCUT2D eigenvalue weighted by Crippen LogP contribution is -2.29. The molecule has 202 valence electrons. The first-order valence-electron chi connectivity index (χ1n) is 13.4. The van der Waals surface area contributed by atoms with Crippen molar-refractivity contribution in [3.05, 3.63) is 59.7 Å². The number of hydrogen-bond donors (Lipinski definition) is 0. The van der Waals surface area contributed by atoms with Gasteiger partial charge < -0.3 is 14.2 Å². The highest BCUT2D eigenvalue weighted by Gasteiger charge is 2.27. The van der Waals surface area contributed by atoms with Crippen molar-refractivity contribution >= 4 is 23.5 Å². The van der Waals surface area contributed by atoms with Crippen LogP contribution in [0.4, 0.5) is 4.39 Å². The fourth-order valence-electron chi connectivity index (χ4n) is 4.44.